The lowest BCUT2D eigenvalue weighted by atomic mass is 9.89. The number of carbonyl (C=O) groups excluding carboxylic acids is 2. The molecule has 0 aliphatic heterocycles. The number of H-pyrrole nitrogens is 1. The molecule has 0 unspecified atom stereocenters. The molecule has 14 heteroatoms. The van der Waals surface area contributed by atoms with Gasteiger partial charge in [-0.25, -0.2) is 4.79 Å². The summed E-state index contributed by atoms with van der Waals surface area (Å²) in [5.41, 5.74) is -1.23. The van der Waals surface area contributed by atoms with Crippen molar-refractivity contribution in [1.29, 1.82) is 0 Å². The maximum atomic E-state index is 13.3. The fourth-order valence-corrected chi connectivity index (χ4v) is 3.87. The number of aliphatic hydroxyl groups excluding tert-OH is 1. The second-order valence-corrected chi connectivity index (χ2v) is 10.5. The smallest absolute Gasteiger partial charge is 0.416 e. The van der Waals surface area contributed by atoms with E-state index in [1.807, 2.05) is 6.92 Å². The number of hydrogen-bond acceptors (Lipinski definition) is 8. The van der Waals surface area contributed by atoms with E-state index in [-0.39, 0.29) is 29.6 Å². The molecular formula is C26H33F3N6O5. The van der Waals surface area contributed by atoms with Gasteiger partial charge in [0.05, 0.1) is 17.8 Å². The number of nitrogens with zero attached hydrogens (tertiary/aromatic N) is 3. The second kappa shape index (κ2) is 12.5. The van der Waals surface area contributed by atoms with Crippen molar-refractivity contribution >= 4 is 17.8 Å². The predicted octanol–water partition coefficient (Wildman–Crippen LogP) is 5.16. The molecule has 3 aromatic rings. The number of unbranched alkanes of at least 4 members (excludes halogenated alkanes) is 1. The van der Waals surface area contributed by atoms with Gasteiger partial charge in [-0.2, -0.15) is 18.3 Å². The molecule has 0 spiro atoms. The maximum Gasteiger partial charge on any atom is 0.416 e. The molecule has 11 nitrogen and oxygen atoms in total. The van der Waals surface area contributed by atoms with E-state index in [4.69, 9.17) is 9.15 Å². The molecule has 0 radical (unpaired) electrons. The summed E-state index contributed by atoms with van der Waals surface area (Å²) in [6, 6.07) is 3.89. The van der Waals surface area contributed by atoms with E-state index in [0.717, 1.165) is 18.6 Å². The van der Waals surface area contributed by atoms with Gasteiger partial charge in [-0.15, -0.1) is 10.2 Å². The topological polar surface area (TPSA) is 155 Å². The van der Waals surface area contributed by atoms with Gasteiger partial charge in [-0.3, -0.25) is 9.89 Å². The van der Waals surface area contributed by atoms with Crippen LogP contribution in [0.1, 0.15) is 70.1 Å². The Hall–Kier alpha value is -3.94. The Bertz CT molecular complexity index is 1290. The van der Waals surface area contributed by atoms with Crippen molar-refractivity contribution in [2.75, 3.05) is 5.32 Å². The van der Waals surface area contributed by atoms with E-state index in [9.17, 15) is 27.9 Å². The molecule has 1 aromatic carbocycles. The average Bonchev–Trinajstić information content (AvgIpc) is 3.55. The van der Waals surface area contributed by atoms with E-state index >= 15 is 0 Å². The quantitative estimate of drug-likeness (QED) is 0.262. The Labute approximate surface area is 228 Å². The zero-order valence-corrected chi connectivity index (χ0v) is 22.8. The zero-order valence-electron chi connectivity index (χ0n) is 22.8. The molecule has 0 bridgehead atoms. The average molecular weight is 567 g/mol. The summed E-state index contributed by atoms with van der Waals surface area (Å²) >= 11 is 0. The molecule has 2 heterocycles. The Morgan fingerprint density at radius 3 is 2.50 bits per heavy atom. The number of amides is 2. The standard InChI is InChI=1S/C26H33F3N6O5/c1-6-7-8-17(19(36)21(37)32-18-9-10-30-33-18)31-24(38)39-20(25(3,4)5)23-35-34-22(40-23)15-11-14(2)12-16(13-15)26(27,28)29/h9-13,17,19-20,36H,6-8H2,1-5H3,(H,31,38)(H2,30,32,33,37)/t17-,19-,20-/m0/s1. The Balaban J connectivity index is 1.79. The summed E-state index contributed by atoms with van der Waals surface area (Å²) in [5.74, 6) is -0.780. The second-order valence-electron chi connectivity index (χ2n) is 10.5. The van der Waals surface area contributed by atoms with Crippen LogP contribution in [0.25, 0.3) is 11.5 Å². The molecule has 0 saturated carbocycles. The number of rotatable bonds is 10. The van der Waals surface area contributed by atoms with Crippen molar-refractivity contribution in [2.45, 2.75) is 78.3 Å². The Morgan fingerprint density at radius 2 is 1.90 bits per heavy atom. The number of nitrogens with one attached hydrogen (secondary N) is 3. The summed E-state index contributed by atoms with van der Waals surface area (Å²) in [4.78, 5) is 25.5. The fraction of sp³-hybridized carbons (Fsp3) is 0.500. The van der Waals surface area contributed by atoms with Crippen LogP contribution in [0.15, 0.2) is 34.9 Å². The molecule has 0 saturated heterocycles. The van der Waals surface area contributed by atoms with Crippen molar-refractivity contribution in [3.05, 3.63) is 47.5 Å². The number of alkyl carbamates (subject to hydrolysis) is 1. The lowest BCUT2D eigenvalue weighted by molar-refractivity contribution is -0.137. The number of halogens is 3. The minimum Gasteiger partial charge on any atom is -0.436 e. The predicted molar refractivity (Wildman–Crippen MR) is 138 cm³/mol. The molecule has 3 atom stereocenters. The van der Waals surface area contributed by atoms with Gasteiger partial charge in [0.1, 0.15) is 5.82 Å². The fourth-order valence-electron chi connectivity index (χ4n) is 3.87. The lowest BCUT2D eigenvalue weighted by Gasteiger charge is -2.29. The molecule has 3 rings (SSSR count). The first-order valence-electron chi connectivity index (χ1n) is 12.7. The van der Waals surface area contributed by atoms with E-state index < -0.39 is 47.4 Å². The molecule has 0 aliphatic carbocycles. The number of alkyl halides is 3. The van der Waals surface area contributed by atoms with E-state index in [0.29, 0.717) is 12.0 Å². The summed E-state index contributed by atoms with van der Waals surface area (Å²) in [6.07, 6.45) is -5.17. The molecule has 4 N–H and O–H groups in total. The molecule has 0 aliphatic rings. The normalized spacial score (nSPS) is 14.3. The summed E-state index contributed by atoms with van der Waals surface area (Å²) in [5, 5.41) is 29.8. The first-order chi connectivity index (χ1) is 18.7. The van der Waals surface area contributed by atoms with E-state index in [1.54, 1.807) is 20.8 Å². The number of anilines is 1. The molecule has 2 amide bonds. The number of aryl methyl sites for hydroxylation is 1. The minimum absolute atomic E-state index is 0.0641. The first kappa shape index (κ1) is 30.6. The largest absolute Gasteiger partial charge is 0.436 e. The van der Waals surface area contributed by atoms with Crippen LogP contribution in [0.4, 0.5) is 23.8 Å². The molecule has 2 aromatic heterocycles. The van der Waals surface area contributed by atoms with Crippen molar-refractivity contribution in [3.63, 3.8) is 0 Å². The molecule has 218 valence electrons. The van der Waals surface area contributed by atoms with Gasteiger partial charge in [0.25, 0.3) is 11.8 Å². The monoisotopic (exact) mass is 566 g/mol. The van der Waals surface area contributed by atoms with Gasteiger partial charge in [0, 0.05) is 17.0 Å². The van der Waals surface area contributed by atoms with Crippen molar-refractivity contribution < 1.29 is 37.0 Å². The van der Waals surface area contributed by atoms with Gasteiger partial charge >= 0.3 is 12.3 Å². The van der Waals surface area contributed by atoms with Crippen molar-refractivity contribution in [2.24, 2.45) is 5.41 Å². The van der Waals surface area contributed by atoms with Crippen molar-refractivity contribution in [1.82, 2.24) is 25.7 Å². The number of hydrogen-bond donors (Lipinski definition) is 4. The SMILES string of the molecule is CCCC[C@H](NC(=O)O[C@@H](c1nnc(-c2cc(C)cc(C(F)(F)F)c2)o1)C(C)(C)C)[C@H](O)C(=O)Nc1ccn[nH]1. The highest BCUT2D eigenvalue weighted by Gasteiger charge is 2.37. The molecular weight excluding hydrogens is 533 g/mol. The number of aromatic amines is 1. The summed E-state index contributed by atoms with van der Waals surface area (Å²) < 4.78 is 51.2. The third-order valence-corrected chi connectivity index (χ3v) is 5.91. The summed E-state index contributed by atoms with van der Waals surface area (Å²) in [7, 11) is 0. The Morgan fingerprint density at radius 1 is 1.18 bits per heavy atom. The third-order valence-electron chi connectivity index (χ3n) is 5.91. The molecule has 40 heavy (non-hydrogen) atoms. The summed E-state index contributed by atoms with van der Waals surface area (Å²) in [6.45, 7) is 8.65. The van der Waals surface area contributed by atoms with Crippen LogP contribution in [-0.2, 0) is 15.7 Å². The van der Waals surface area contributed by atoms with Crippen LogP contribution in [-0.4, -0.2) is 49.6 Å². The lowest BCUT2D eigenvalue weighted by Crippen LogP contribution is -2.49. The van der Waals surface area contributed by atoms with Crippen LogP contribution in [0.3, 0.4) is 0 Å². The maximum absolute atomic E-state index is 13.3. The Kier molecular flexibility index (Phi) is 9.56. The number of benzene rings is 1. The van der Waals surface area contributed by atoms with Gasteiger partial charge in [0.2, 0.25) is 5.89 Å². The van der Waals surface area contributed by atoms with Gasteiger partial charge in [-0.05, 0) is 37.1 Å². The van der Waals surface area contributed by atoms with Crippen LogP contribution in [0.5, 0.6) is 0 Å². The first-order valence-corrected chi connectivity index (χ1v) is 12.7. The van der Waals surface area contributed by atoms with Crippen LogP contribution in [0.2, 0.25) is 0 Å². The number of aromatic nitrogens is 4. The van der Waals surface area contributed by atoms with Crippen LogP contribution < -0.4 is 10.6 Å². The van der Waals surface area contributed by atoms with Crippen molar-refractivity contribution in [3.8, 4) is 11.5 Å². The highest BCUT2D eigenvalue weighted by atomic mass is 19.4. The van der Waals surface area contributed by atoms with E-state index in [2.05, 4.69) is 31.0 Å². The number of carbonyl (C=O) groups is 2. The van der Waals surface area contributed by atoms with Crippen LogP contribution >= 0.6 is 0 Å². The number of aliphatic hydroxyl groups is 1. The van der Waals surface area contributed by atoms with Gasteiger partial charge < -0.3 is 24.9 Å². The van der Waals surface area contributed by atoms with Gasteiger partial charge in [0.15, 0.2) is 12.2 Å². The van der Waals surface area contributed by atoms with Gasteiger partial charge in [-0.1, -0.05) is 40.5 Å². The molecule has 0 fully saturated rings. The zero-order chi connectivity index (χ0) is 29.7. The minimum atomic E-state index is -4.56. The van der Waals surface area contributed by atoms with Crippen LogP contribution in [0, 0.1) is 12.3 Å². The van der Waals surface area contributed by atoms with E-state index in [1.165, 1.54) is 25.3 Å². The third kappa shape index (κ3) is 8.04. The highest BCUT2D eigenvalue weighted by Crippen LogP contribution is 2.38. The highest BCUT2D eigenvalue weighted by molar-refractivity contribution is 5.94. The number of ether oxygens (including phenoxy) is 1.